The van der Waals surface area contributed by atoms with E-state index in [1.165, 1.54) is 12.1 Å². The number of hydrogen-bond donors (Lipinski definition) is 1. The minimum absolute atomic E-state index is 0.342. The van der Waals surface area contributed by atoms with Gasteiger partial charge >= 0.3 is 0 Å². The maximum absolute atomic E-state index is 13.9. The van der Waals surface area contributed by atoms with E-state index in [9.17, 15) is 9.18 Å². The Morgan fingerprint density at radius 3 is 2.55 bits per heavy atom. The first-order valence-corrected chi connectivity index (χ1v) is 11.1. The molecule has 2 aromatic carbocycles. The van der Waals surface area contributed by atoms with Crippen LogP contribution in [0, 0.1) is 12.7 Å². The predicted octanol–water partition coefficient (Wildman–Crippen LogP) is 4.57. The standard InChI is InChI=1S/C25H28FN3O4/c1-4-32-23-15-22(29-8-10-31-11-9-29)24(33-5-2)14-21(23)28-25(30)19-12-16(3)27-20-7-6-17(26)13-18(19)20/h6-7,12-15H,4-5,8-11H2,1-3H3,(H,28,30). The van der Waals surface area contributed by atoms with Gasteiger partial charge in [-0.1, -0.05) is 0 Å². The smallest absolute Gasteiger partial charge is 0.256 e. The van der Waals surface area contributed by atoms with Gasteiger partial charge in [0.1, 0.15) is 17.3 Å². The Morgan fingerprint density at radius 1 is 1.09 bits per heavy atom. The van der Waals surface area contributed by atoms with Crippen molar-refractivity contribution in [1.82, 2.24) is 4.98 Å². The van der Waals surface area contributed by atoms with Crippen LogP contribution in [0.25, 0.3) is 10.9 Å². The van der Waals surface area contributed by atoms with Gasteiger partial charge in [-0.15, -0.1) is 0 Å². The molecule has 0 atom stereocenters. The lowest BCUT2D eigenvalue weighted by atomic mass is 10.1. The van der Waals surface area contributed by atoms with Crippen LogP contribution in [0.5, 0.6) is 11.5 Å². The van der Waals surface area contributed by atoms with E-state index in [1.807, 2.05) is 19.9 Å². The summed E-state index contributed by atoms with van der Waals surface area (Å²) in [6.45, 7) is 9.27. The van der Waals surface area contributed by atoms with E-state index in [0.29, 0.717) is 65.8 Å². The first-order chi connectivity index (χ1) is 16.0. The minimum Gasteiger partial charge on any atom is -0.492 e. The minimum atomic E-state index is -0.425. The number of pyridine rings is 1. The highest BCUT2D eigenvalue weighted by atomic mass is 19.1. The number of fused-ring (bicyclic) bond motifs is 1. The number of anilines is 2. The summed E-state index contributed by atoms with van der Waals surface area (Å²) < 4.78 is 31.2. The number of aromatic nitrogens is 1. The second-order valence-electron chi connectivity index (χ2n) is 7.71. The number of aryl methyl sites for hydroxylation is 1. The molecule has 4 rings (SSSR count). The Labute approximate surface area is 192 Å². The molecule has 1 aliphatic heterocycles. The fourth-order valence-electron chi connectivity index (χ4n) is 3.95. The van der Waals surface area contributed by atoms with Gasteiger partial charge in [-0.3, -0.25) is 9.78 Å². The van der Waals surface area contributed by atoms with Gasteiger partial charge < -0.3 is 24.4 Å². The summed E-state index contributed by atoms with van der Waals surface area (Å²) in [5, 5.41) is 3.39. The maximum atomic E-state index is 13.9. The van der Waals surface area contributed by atoms with Crippen LogP contribution in [-0.2, 0) is 4.74 Å². The fourth-order valence-corrected chi connectivity index (χ4v) is 3.95. The topological polar surface area (TPSA) is 72.9 Å². The zero-order valence-corrected chi connectivity index (χ0v) is 19.1. The van der Waals surface area contributed by atoms with Gasteiger partial charge in [0.15, 0.2) is 0 Å². The Kier molecular flexibility index (Phi) is 6.93. The summed E-state index contributed by atoms with van der Waals surface area (Å²) >= 11 is 0. The van der Waals surface area contributed by atoms with E-state index in [4.69, 9.17) is 14.2 Å². The van der Waals surface area contributed by atoms with Crippen molar-refractivity contribution in [3.8, 4) is 11.5 Å². The van der Waals surface area contributed by atoms with Crippen molar-refractivity contribution in [2.75, 3.05) is 49.7 Å². The first kappa shape index (κ1) is 22.8. The SMILES string of the molecule is CCOc1cc(N2CCOCC2)c(OCC)cc1NC(=O)c1cc(C)nc2ccc(F)cc12. The Balaban J connectivity index is 1.74. The van der Waals surface area contributed by atoms with E-state index < -0.39 is 5.82 Å². The number of hydrogen-bond acceptors (Lipinski definition) is 6. The van der Waals surface area contributed by atoms with Crippen molar-refractivity contribution in [1.29, 1.82) is 0 Å². The number of ether oxygens (including phenoxy) is 3. The summed E-state index contributed by atoms with van der Waals surface area (Å²) in [6.07, 6.45) is 0. The molecule has 0 bridgehead atoms. The van der Waals surface area contributed by atoms with Crippen molar-refractivity contribution in [3.63, 3.8) is 0 Å². The number of halogens is 1. The molecule has 1 aliphatic rings. The molecule has 0 radical (unpaired) electrons. The first-order valence-electron chi connectivity index (χ1n) is 11.1. The molecule has 8 heteroatoms. The number of amides is 1. The number of carbonyl (C=O) groups excluding carboxylic acids is 1. The van der Waals surface area contributed by atoms with Crippen LogP contribution in [0.4, 0.5) is 15.8 Å². The molecule has 0 unspecified atom stereocenters. The lowest BCUT2D eigenvalue weighted by Crippen LogP contribution is -2.36. The summed E-state index contributed by atoms with van der Waals surface area (Å²) in [5.74, 6) is 0.390. The lowest BCUT2D eigenvalue weighted by molar-refractivity contribution is 0.102. The molecule has 1 amide bonds. The van der Waals surface area contributed by atoms with Gasteiger partial charge in [-0.05, 0) is 45.0 Å². The van der Waals surface area contributed by atoms with Crippen LogP contribution in [0.15, 0.2) is 36.4 Å². The van der Waals surface area contributed by atoms with Gasteiger partial charge in [-0.2, -0.15) is 0 Å². The molecular weight excluding hydrogens is 425 g/mol. The highest BCUT2D eigenvalue weighted by Gasteiger charge is 2.21. The summed E-state index contributed by atoms with van der Waals surface area (Å²) in [5.41, 5.74) is 2.95. The second kappa shape index (κ2) is 10.0. The van der Waals surface area contributed by atoms with E-state index in [1.54, 1.807) is 25.1 Å². The Hall–Kier alpha value is -3.39. The molecule has 1 fully saturated rings. The van der Waals surface area contributed by atoms with E-state index in [0.717, 1.165) is 18.8 Å². The molecule has 174 valence electrons. The fraction of sp³-hybridized carbons (Fsp3) is 0.360. The van der Waals surface area contributed by atoms with Crippen molar-refractivity contribution in [3.05, 3.63) is 53.5 Å². The number of nitrogens with one attached hydrogen (secondary N) is 1. The van der Waals surface area contributed by atoms with Crippen molar-refractivity contribution in [2.45, 2.75) is 20.8 Å². The number of nitrogens with zero attached hydrogens (tertiary/aromatic N) is 2. The highest BCUT2D eigenvalue weighted by Crippen LogP contribution is 2.39. The molecule has 1 N–H and O–H groups in total. The van der Waals surface area contributed by atoms with Gasteiger partial charge in [0.2, 0.25) is 0 Å². The van der Waals surface area contributed by atoms with E-state index in [-0.39, 0.29) is 5.91 Å². The molecule has 1 aromatic heterocycles. The quantitative estimate of drug-likeness (QED) is 0.565. The summed E-state index contributed by atoms with van der Waals surface area (Å²) in [7, 11) is 0. The number of benzene rings is 2. The van der Waals surface area contributed by atoms with Crippen LogP contribution in [-0.4, -0.2) is 50.4 Å². The molecule has 1 saturated heterocycles. The van der Waals surface area contributed by atoms with Crippen LogP contribution < -0.4 is 19.7 Å². The average molecular weight is 454 g/mol. The molecule has 0 saturated carbocycles. The van der Waals surface area contributed by atoms with Crippen LogP contribution in [0.2, 0.25) is 0 Å². The second-order valence-corrected chi connectivity index (χ2v) is 7.71. The van der Waals surface area contributed by atoms with Crippen molar-refractivity contribution < 1.29 is 23.4 Å². The van der Waals surface area contributed by atoms with Gasteiger partial charge in [0.05, 0.1) is 48.9 Å². The molecule has 33 heavy (non-hydrogen) atoms. The Morgan fingerprint density at radius 2 is 1.82 bits per heavy atom. The molecule has 7 nitrogen and oxygen atoms in total. The number of rotatable bonds is 7. The zero-order chi connectivity index (χ0) is 23.4. The van der Waals surface area contributed by atoms with E-state index >= 15 is 0 Å². The Bertz CT molecular complexity index is 1160. The molecule has 0 spiro atoms. The largest absolute Gasteiger partial charge is 0.492 e. The van der Waals surface area contributed by atoms with Crippen LogP contribution in [0.1, 0.15) is 29.9 Å². The number of morpholine rings is 1. The summed E-state index contributed by atoms with van der Waals surface area (Å²) in [4.78, 5) is 19.9. The average Bonchev–Trinajstić information content (AvgIpc) is 2.81. The zero-order valence-electron chi connectivity index (χ0n) is 19.1. The van der Waals surface area contributed by atoms with Gasteiger partial charge in [-0.25, -0.2) is 4.39 Å². The third-order valence-corrected chi connectivity index (χ3v) is 5.40. The number of carbonyl (C=O) groups is 1. The molecule has 3 aromatic rings. The predicted molar refractivity (Wildman–Crippen MR) is 126 cm³/mol. The molecule has 0 aliphatic carbocycles. The van der Waals surface area contributed by atoms with E-state index in [2.05, 4.69) is 15.2 Å². The van der Waals surface area contributed by atoms with Gasteiger partial charge in [0.25, 0.3) is 5.91 Å². The van der Waals surface area contributed by atoms with Crippen LogP contribution >= 0.6 is 0 Å². The lowest BCUT2D eigenvalue weighted by Gasteiger charge is -2.31. The summed E-state index contributed by atoms with van der Waals surface area (Å²) in [6, 6.07) is 9.57. The molecular formula is C25H28FN3O4. The van der Waals surface area contributed by atoms with Crippen LogP contribution in [0.3, 0.4) is 0 Å². The monoisotopic (exact) mass is 453 g/mol. The van der Waals surface area contributed by atoms with Crippen molar-refractivity contribution >= 4 is 28.2 Å². The highest BCUT2D eigenvalue weighted by molar-refractivity contribution is 6.13. The van der Waals surface area contributed by atoms with Crippen molar-refractivity contribution in [2.24, 2.45) is 0 Å². The maximum Gasteiger partial charge on any atom is 0.256 e. The third kappa shape index (κ3) is 5.01. The molecule has 2 heterocycles. The normalized spacial score (nSPS) is 13.8. The van der Waals surface area contributed by atoms with Gasteiger partial charge in [0, 0.05) is 36.3 Å². The third-order valence-electron chi connectivity index (χ3n) is 5.40.